The van der Waals surface area contributed by atoms with Gasteiger partial charge in [0.05, 0.1) is 12.1 Å². The molecule has 2 fully saturated rings. The number of nitrogens with zero attached hydrogens (tertiary/aromatic N) is 2. The zero-order chi connectivity index (χ0) is 13.9. The van der Waals surface area contributed by atoms with Crippen LogP contribution in [0.15, 0.2) is 0 Å². The van der Waals surface area contributed by atoms with Crippen molar-refractivity contribution in [3.05, 3.63) is 0 Å². The lowest BCUT2D eigenvalue weighted by molar-refractivity contribution is 0.0520. The second-order valence-corrected chi connectivity index (χ2v) is 6.41. The standard InChI is InChI=1S/C15H31N3O/c1-4-13(2)18-9-7-17(8-10-18)11-15(12-19,16-3)14-5-6-14/h13-14,16,19H,4-12H2,1-3H3. The molecule has 0 aromatic carbocycles. The maximum absolute atomic E-state index is 9.80. The summed E-state index contributed by atoms with van der Waals surface area (Å²) in [5, 5.41) is 13.2. The lowest BCUT2D eigenvalue weighted by atomic mass is 9.93. The summed E-state index contributed by atoms with van der Waals surface area (Å²) in [6, 6.07) is 0.706. The van der Waals surface area contributed by atoms with E-state index in [1.54, 1.807) is 0 Å². The highest BCUT2D eigenvalue weighted by atomic mass is 16.3. The second kappa shape index (κ2) is 6.53. The summed E-state index contributed by atoms with van der Waals surface area (Å²) >= 11 is 0. The van der Waals surface area contributed by atoms with Crippen molar-refractivity contribution in [2.24, 2.45) is 5.92 Å². The van der Waals surface area contributed by atoms with Gasteiger partial charge in [-0.3, -0.25) is 9.80 Å². The van der Waals surface area contributed by atoms with Gasteiger partial charge < -0.3 is 10.4 Å². The van der Waals surface area contributed by atoms with Crippen molar-refractivity contribution in [1.29, 1.82) is 0 Å². The van der Waals surface area contributed by atoms with Crippen molar-refractivity contribution in [2.75, 3.05) is 46.4 Å². The molecule has 0 bridgehead atoms. The maximum Gasteiger partial charge on any atom is 0.0628 e. The minimum Gasteiger partial charge on any atom is -0.394 e. The molecule has 2 N–H and O–H groups in total. The molecule has 2 rings (SSSR count). The summed E-state index contributed by atoms with van der Waals surface area (Å²) in [5.74, 6) is 0.676. The molecule has 0 radical (unpaired) electrons. The average Bonchev–Trinajstić information content (AvgIpc) is 3.30. The molecule has 1 heterocycles. The van der Waals surface area contributed by atoms with E-state index in [1.807, 2.05) is 7.05 Å². The molecule has 2 atom stereocenters. The Morgan fingerprint density at radius 1 is 1.26 bits per heavy atom. The van der Waals surface area contributed by atoms with E-state index < -0.39 is 0 Å². The number of piperazine rings is 1. The third kappa shape index (κ3) is 3.48. The molecule has 112 valence electrons. The number of hydrogen-bond acceptors (Lipinski definition) is 4. The first kappa shape index (κ1) is 15.2. The van der Waals surface area contributed by atoms with Gasteiger partial charge in [-0.2, -0.15) is 0 Å². The van der Waals surface area contributed by atoms with Crippen LogP contribution >= 0.6 is 0 Å². The quantitative estimate of drug-likeness (QED) is 0.716. The van der Waals surface area contributed by atoms with Crippen LogP contribution in [-0.4, -0.2) is 72.9 Å². The molecule has 0 aromatic rings. The van der Waals surface area contributed by atoms with Crippen molar-refractivity contribution in [1.82, 2.24) is 15.1 Å². The highest BCUT2D eigenvalue weighted by Gasteiger charge is 2.45. The fourth-order valence-corrected chi connectivity index (χ4v) is 3.33. The molecule has 19 heavy (non-hydrogen) atoms. The van der Waals surface area contributed by atoms with Crippen LogP contribution < -0.4 is 5.32 Å². The molecule has 2 unspecified atom stereocenters. The van der Waals surface area contributed by atoms with Gasteiger partial charge >= 0.3 is 0 Å². The predicted molar refractivity (Wildman–Crippen MR) is 79.4 cm³/mol. The Labute approximate surface area is 118 Å². The highest BCUT2D eigenvalue weighted by molar-refractivity contribution is 5.02. The lowest BCUT2D eigenvalue weighted by Gasteiger charge is -2.42. The van der Waals surface area contributed by atoms with Crippen LogP contribution in [0.1, 0.15) is 33.1 Å². The van der Waals surface area contributed by atoms with Crippen LogP contribution in [0.5, 0.6) is 0 Å². The van der Waals surface area contributed by atoms with E-state index in [4.69, 9.17) is 0 Å². The van der Waals surface area contributed by atoms with Crippen molar-refractivity contribution < 1.29 is 5.11 Å². The fraction of sp³-hybridized carbons (Fsp3) is 1.00. The smallest absolute Gasteiger partial charge is 0.0628 e. The summed E-state index contributed by atoms with van der Waals surface area (Å²) in [6.45, 7) is 10.5. The van der Waals surface area contributed by atoms with E-state index in [1.165, 1.54) is 32.4 Å². The van der Waals surface area contributed by atoms with E-state index in [-0.39, 0.29) is 12.1 Å². The lowest BCUT2D eigenvalue weighted by Crippen LogP contribution is -2.60. The van der Waals surface area contributed by atoms with Crippen LogP contribution in [0, 0.1) is 5.92 Å². The number of aliphatic hydroxyl groups excluding tert-OH is 1. The summed E-state index contributed by atoms with van der Waals surface area (Å²) in [7, 11) is 2.00. The predicted octanol–water partition coefficient (Wildman–Crippen LogP) is 0.763. The monoisotopic (exact) mass is 269 g/mol. The van der Waals surface area contributed by atoms with Gasteiger partial charge in [-0.1, -0.05) is 6.92 Å². The summed E-state index contributed by atoms with van der Waals surface area (Å²) in [4.78, 5) is 5.12. The molecule has 1 aliphatic heterocycles. The van der Waals surface area contributed by atoms with Crippen LogP contribution in [0.25, 0.3) is 0 Å². The summed E-state index contributed by atoms with van der Waals surface area (Å²) < 4.78 is 0. The molecule has 1 saturated carbocycles. The molecular weight excluding hydrogens is 238 g/mol. The van der Waals surface area contributed by atoms with Crippen LogP contribution in [-0.2, 0) is 0 Å². The largest absolute Gasteiger partial charge is 0.394 e. The third-order valence-corrected chi connectivity index (χ3v) is 5.27. The van der Waals surface area contributed by atoms with Gasteiger partial charge in [0.1, 0.15) is 0 Å². The molecule has 0 amide bonds. The Morgan fingerprint density at radius 2 is 1.89 bits per heavy atom. The summed E-state index contributed by atoms with van der Waals surface area (Å²) in [5.41, 5.74) is -0.0570. The maximum atomic E-state index is 9.80. The van der Waals surface area contributed by atoms with Gasteiger partial charge in [-0.15, -0.1) is 0 Å². The Hall–Kier alpha value is -0.160. The molecule has 1 aliphatic carbocycles. The van der Waals surface area contributed by atoms with Gasteiger partial charge in [-0.25, -0.2) is 0 Å². The second-order valence-electron chi connectivity index (χ2n) is 6.41. The number of nitrogens with one attached hydrogen (secondary N) is 1. The van der Waals surface area contributed by atoms with Crippen molar-refractivity contribution >= 4 is 0 Å². The molecule has 0 spiro atoms. The zero-order valence-corrected chi connectivity index (χ0v) is 12.9. The first-order valence-corrected chi connectivity index (χ1v) is 7.91. The molecule has 4 heteroatoms. The van der Waals surface area contributed by atoms with Crippen molar-refractivity contribution in [2.45, 2.75) is 44.7 Å². The fourth-order valence-electron chi connectivity index (χ4n) is 3.33. The Morgan fingerprint density at radius 3 is 2.32 bits per heavy atom. The number of rotatable bonds is 7. The van der Waals surface area contributed by atoms with E-state index in [0.717, 1.165) is 19.6 Å². The number of likely N-dealkylation sites (N-methyl/N-ethyl adjacent to an activating group) is 1. The zero-order valence-electron chi connectivity index (χ0n) is 12.9. The van der Waals surface area contributed by atoms with Gasteiger partial charge in [0.2, 0.25) is 0 Å². The molecule has 0 aromatic heterocycles. The highest BCUT2D eigenvalue weighted by Crippen LogP contribution is 2.39. The van der Waals surface area contributed by atoms with Gasteiger partial charge in [0.15, 0.2) is 0 Å². The van der Waals surface area contributed by atoms with Gasteiger partial charge in [0.25, 0.3) is 0 Å². The van der Waals surface area contributed by atoms with E-state index in [0.29, 0.717) is 12.0 Å². The van der Waals surface area contributed by atoms with E-state index in [2.05, 4.69) is 29.0 Å². The van der Waals surface area contributed by atoms with Crippen molar-refractivity contribution in [3.63, 3.8) is 0 Å². The number of hydrogen-bond donors (Lipinski definition) is 2. The first-order valence-electron chi connectivity index (χ1n) is 7.91. The van der Waals surface area contributed by atoms with Gasteiger partial charge in [0, 0.05) is 38.8 Å². The normalized spacial score (nSPS) is 27.2. The van der Waals surface area contributed by atoms with Crippen LogP contribution in [0.4, 0.5) is 0 Å². The molecular formula is C15H31N3O. The SMILES string of the molecule is CCC(C)N1CCN(CC(CO)(NC)C2CC2)CC1. The first-order chi connectivity index (χ1) is 9.15. The summed E-state index contributed by atoms with van der Waals surface area (Å²) in [6.07, 6.45) is 3.78. The Balaban J connectivity index is 1.84. The van der Waals surface area contributed by atoms with E-state index in [9.17, 15) is 5.11 Å². The Bertz CT molecular complexity index is 269. The average molecular weight is 269 g/mol. The minimum absolute atomic E-state index is 0.0570. The van der Waals surface area contributed by atoms with Crippen LogP contribution in [0.3, 0.4) is 0 Å². The van der Waals surface area contributed by atoms with Crippen LogP contribution in [0.2, 0.25) is 0 Å². The topological polar surface area (TPSA) is 38.7 Å². The Kier molecular flexibility index (Phi) is 5.23. The third-order valence-electron chi connectivity index (χ3n) is 5.27. The van der Waals surface area contributed by atoms with E-state index >= 15 is 0 Å². The molecule has 1 saturated heterocycles. The molecule has 2 aliphatic rings. The minimum atomic E-state index is -0.0570. The molecule has 4 nitrogen and oxygen atoms in total. The number of aliphatic hydroxyl groups is 1. The van der Waals surface area contributed by atoms with Gasteiger partial charge in [-0.05, 0) is 39.2 Å². The van der Waals surface area contributed by atoms with Crippen molar-refractivity contribution in [3.8, 4) is 0 Å².